The Morgan fingerprint density at radius 3 is 3.14 bits per heavy atom. The van der Waals surface area contributed by atoms with Gasteiger partial charge in [-0.1, -0.05) is 12.1 Å². The molecule has 2 fully saturated rings. The fourth-order valence-corrected chi connectivity index (χ4v) is 4.04. The Labute approximate surface area is 130 Å². The van der Waals surface area contributed by atoms with Crippen LogP contribution in [0.2, 0.25) is 0 Å². The van der Waals surface area contributed by atoms with Crippen molar-refractivity contribution in [1.29, 1.82) is 0 Å². The number of nitrogens with zero attached hydrogens (tertiary/aromatic N) is 1. The monoisotopic (exact) mass is 305 g/mol. The van der Waals surface area contributed by atoms with Crippen LogP contribution in [-0.4, -0.2) is 49.3 Å². The van der Waals surface area contributed by atoms with Crippen molar-refractivity contribution >= 4 is 23.4 Å². The molecule has 4 nitrogen and oxygen atoms in total. The van der Waals surface area contributed by atoms with Gasteiger partial charge in [0.2, 0.25) is 5.91 Å². The van der Waals surface area contributed by atoms with Crippen LogP contribution < -0.4 is 10.6 Å². The van der Waals surface area contributed by atoms with Crippen molar-refractivity contribution in [2.75, 3.05) is 37.8 Å². The minimum Gasteiger partial charge on any atom is -0.324 e. The van der Waals surface area contributed by atoms with Gasteiger partial charge in [-0.2, -0.15) is 0 Å². The van der Waals surface area contributed by atoms with Crippen LogP contribution in [-0.2, 0) is 4.79 Å². The van der Waals surface area contributed by atoms with E-state index < -0.39 is 0 Å². The first-order valence-electron chi connectivity index (χ1n) is 7.65. The molecule has 2 heterocycles. The fourth-order valence-electron chi connectivity index (χ4n) is 3.48. The minimum atomic E-state index is 0.101. The zero-order valence-electron chi connectivity index (χ0n) is 12.5. The Morgan fingerprint density at radius 2 is 2.29 bits per heavy atom. The van der Waals surface area contributed by atoms with Gasteiger partial charge in [0, 0.05) is 17.5 Å². The molecular formula is C16H23N3OS. The molecule has 0 bridgehead atoms. The normalized spacial score (nSPS) is 25.6. The molecule has 114 valence electrons. The number of carbonyl (C=O) groups excluding carboxylic acids is 1. The number of hydrogen-bond acceptors (Lipinski definition) is 4. The smallest absolute Gasteiger partial charge is 0.238 e. The van der Waals surface area contributed by atoms with Crippen LogP contribution in [0.25, 0.3) is 0 Å². The second-order valence-corrected chi connectivity index (χ2v) is 6.69. The number of fused-ring (bicyclic) bond motifs is 1. The first-order valence-corrected chi connectivity index (χ1v) is 8.88. The van der Waals surface area contributed by atoms with E-state index in [4.69, 9.17) is 0 Å². The van der Waals surface area contributed by atoms with Gasteiger partial charge in [0.15, 0.2) is 0 Å². The number of amides is 1. The van der Waals surface area contributed by atoms with Gasteiger partial charge < -0.3 is 10.6 Å². The van der Waals surface area contributed by atoms with Crippen LogP contribution in [0, 0.1) is 5.92 Å². The third-order valence-corrected chi connectivity index (χ3v) is 5.32. The van der Waals surface area contributed by atoms with Gasteiger partial charge in [0.05, 0.1) is 12.2 Å². The number of nitrogens with one attached hydrogen (secondary N) is 2. The highest BCUT2D eigenvalue weighted by molar-refractivity contribution is 7.98. The summed E-state index contributed by atoms with van der Waals surface area (Å²) in [4.78, 5) is 15.8. The van der Waals surface area contributed by atoms with Crippen molar-refractivity contribution in [3.05, 3.63) is 24.3 Å². The van der Waals surface area contributed by atoms with E-state index in [-0.39, 0.29) is 5.91 Å². The molecule has 2 N–H and O–H groups in total. The summed E-state index contributed by atoms with van der Waals surface area (Å²) in [6, 6.07) is 8.52. The van der Waals surface area contributed by atoms with Crippen LogP contribution in [0.5, 0.6) is 0 Å². The maximum absolute atomic E-state index is 12.4. The van der Waals surface area contributed by atoms with E-state index in [0.29, 0.717) is 12.6 Å². The summed E-state index contributed by atoms with van der Waals surface area (Å²) in [6.45, 7) is 3.68. The summed E-state index contributed by atoms with van der Waals surface area (Å²) < 4.78 is 0. The molecule has 1 amide bonds. The number of anilines is 1. The number of benzene rings is 1. The number of hydrogen-bond donors (Lipinski definition) is 2. The molecule has 2 saturated heterocycles. The predicted octanol–water partition coefficient (Wildman–Crippen LogP) is 2.03. The van der Waals surface area contributed by atoms with E-state index in [9.17, 15) is 4.79 Å². The molecule has 5 heteroatoms. The first kappa shape index (κ1) is 14.9. The first-order chi connectivity index (χ1) is 10.3. The van der Waals surface area contributed by atoms with E-state index in [1.54, 1.807) is 11.8 Å². The molecule has 3 rings (SSSR count). The van der Waals surface area contributed by atoms with E-state index >= 15 is 0 Å². The van der Waals surface area contributed by atoms with Crippen molar-refractivity contribution in [3.63, 3.8) is 0 Å². The molecule has 1 aromatic rings. The van der Waals surface area contributed by atoms with Crippen molar-refractivity contribution in [2.24, 2.45) is 5.92 Å². The van der Waals surface area contributed by atoms with Crippen molar-refractivity contribution in [3.8, 4) is 0 Å². The minimum absolute atomic E-state index is 0.101. The molecule has 0 aromatic heterocycles. The number of piperidine rings is 1. The standard InChI is InChI=1S/C16H23N3OS/c1-21-15-7-3-2-6-13(15)18-16(20)11-19-8-4-5-12-9-17-10-14(12)19/h2-3,6-7,12,14,17H,4-5,8-11H2,1H3,(H,18,20). The van der Waals surface area contributed by atoms with Crippen molar-refractivity contribution in [1.82, 2.24) is 10.2 Å². The van der Waals surface area contributed by atoms with Crippen molar-refractivity contribution in [2.45, 2.75) is 23.8 Å². The molecule has 0 aliphatic carbocycles. The zero-order chi connectivity index (χ0) is 14.7. The summed E-state index contributed by atoms with van der Waals surface area (Å²) in [7, 11) is 0. The van der Waals surface area contributed by atoms with Gasteiger partial charge in [-0.3, -0.25) is 9.69 Å². The summed E-state index contributed by atoms with van der Waals surface area (Å²) >= 11 is 1.66. The van der Waals surface area contributed by atoms with E-state index in [0.717, 1.165) is 36.1 Å². The number of likely N-dealkylation sites (tertiary alicyclic amines) is 1. The second-order valence-electron chi connectivity index (χ2n) is 5.85. The molecule has 21 heavy (non-hydrogen) atoms. The van der Waals surface area contributed by atoms with Gasteiger partial charge in [0.25, 0.3) is 0 Å². The fraction of sp³-hybridized carbons (Fsp3) is 0.562. The highest BCUT2D eigenvalue weighted by Gasteiger charge is 2.35. The quantitative estimate of drug-likeness (QED) is 0.836. The summed E-state index contributed by atoms with van der Waals surface area (Å²) in [5.74, 6) is 0.828. The number of thioether (sulfide) groups is 1. The van der Waals surface area contributed by atoms with Crippen LogP contribution >= 0.6 is 11.8 Å². The molecule has 0 spiro atoms. The molecule has 0 saturated carbocycles. The third kappa shape index (κ3) is 3.42. The summed E-state index contributed by atoms with van der Waals surface area (Å²) in [6.07, 6.45) is 4.53. The highest BCUT2D eigenvalue weighted by atomic mass is 32.2. The maximum atomic E-state index is 12.4. The second kappa shape index (κ2) is 6.81. The lowest BCUT2D eigenvalue weighted by Gasteiger charge is -2.36. The number of para-hydroxylation sites is 1. The predicted molar refractivity (Wildman–Crippen MR) is 87.8 cm³/mol. The Balaban J connectivity index is 1.61. The van der Waals surface area contributed by atoms with Crippen LogP contribution in [0.15, 0.2) is 29.2 Å². The van der Waals surface area contributed by atoms with Gasteiger partial charge in [-0.15, -0.1) is 11.8 Å². The molecule has 2 aliphatic heterocycles. The van der Waals surface area contributed by atoms with Crippen LogP contribution in [0.3, 0.4) is 0 Å². The lowest BCUT2D eigenvalue weighted by molar-refractivity contribution is -0.118. The third-order valence-electron chi connectivity index (χ3n) is 4.52. The molecule has 0 radical (unpaired) electrons. The number of rotatable bonds is 4. The van der Waals surface area contributed by atoms with Gasteiger partial charge in [-0.05, 0) is 50.2 Å². The van der Waals surface area contributed by atoms with Crippen LogP contribution in [0.4, 0.5) is 5.69 Å². The Morgan fingerprint density at radius 1 is 1.43 bits per heavy atom. The van der Waals surface area contributed by atoms with E-state index in [1.807, 2.05) is 30.5 Å². The summed E-state index contributed by atoms with van der Waals surface area (Å²) in [5.41, 5.74) is 0.924. The molecule has 2 unspecified atom stereocenters. The lowest BCUT2D eigenvalue weighted by Crippen LogP contribution is -2.48. The zero-order valence-corrected chi connectivity index (χ0v) is 13.3. The largest absolute Gasteiger partial charge is 0.324 e. The average Bonchev–Trinajstić information content (AvgIpc) is 2.97. The van der Waals surface area contributed by atoms with Gasteiger partial charge in [-0.25, -0.2) is 0 Å². The SMILES string of the molecule is CSc1ccccc1NC(=O)CN1CCCC2CNCC21. The summed E-state index contributed by atoms with van der Waals surface area (Å²) in [5, 5.41) is 6.53. The maximum Gasteiger partial charge on any atom is 0.238 e. The Bertz CT molecular complexity index is 508. The average molecular weight is 305 g/mol. The molecule has 1 aromatic carbocycles. The Kier molecular flexibility index (Phi) is 4.83. The van der Waals surface area contributed by atoms with Crippen LogP contribution in [0.1, 0.15) is 12.8 Å². The van der Waals surface area contributed by atoms with Gasteiger partial charge >= 0.3 is 0 Å². The molecular weight excluding hydrogens is 282 g/mol. The molecule has 2 aliphatic rings. The van der Waals surface area contributed by atoms with Gasteiger partial charge in [0.1, 0.15) is 0 Å². The molecule has 2 atom stereocenters. The Hall–Kier alpha value is -1.04. The topological polar surface area (TPSA) is 44.4 Å². The highest BCUT2D eigenvalue weighted by Crippen LogP contribution is 2.27. The van der Waals surface area contributed by atoms with E-state index in [2.05, 4.69) is 15.5 Å². The lowest BCUT2D eigenvalue weighted by atomic mass is 9.92. The van der Waals surface area contributed by atoms with Crippen molar-refractivity contribution < 1.29 is 4.79 Å². The number of carbonyl (C=O) groups is 1. The van der Waals surface area contributed by atoms with E-state index in [1.165, 1.54) is 12.8 Å².